The maximum absolute atomic E-state index is 10.7. The molecule has 0 saturated heterocycles. The molecule has 0 spiro atoms. The standard InChI is InChI=1S/C5H9N3O3/c1-8(11)5(10)4(7)3(9)2-6/h2,6,9,11H,7H2,1H3/b4-3+,6-2?. The Hall–Kier alpha value is -1.56. The number of amides is 1. The Morgan fingerprint density at radius 2 is 2.18 bits per heavy atom. The maximum atomic E-state index is 10.7. The molecule has 62 valence electrons. The molecule has 0 aliphatic carbocycles. The number of nitrogens with zero attached hydrogens (tertiary/aromatic N) is 1. The van der Waals surface area contributed by atoms with Crippen LogP contribution in [0.1, 0.15) is 0 Å². The molecule has 0 rings (SSSR count). The number of nitrogens with one attached hydrogen (secondary N) is 1. The Kier molecular flexibility index (Phi) is 3.06. The van der Waals surface area contributed by atoms with Crippen molar-refractivity contribution in [2.45, 2.75) is 0 Å². The molecule has 6 nitrogen and oxygen atoms in total. The minimum atomic E-state index is -0.953. The third kappa shape index (κ3) is 2.26. The number of aliphatic hydroxyl groups is 1. The highest BCUT2D eigenvalue weighted by Crippen LogP contribution is 1.94. The molecule has 0 aromatic heterocycles. The normalized spacial score (nSPS) is 11.8. The first kappa shape index (κ1) is 9.44. The van der Waals surface area contributed by atoms with Crippen molar-refractivity contribution in [2.75, 3.05) is 7.05 Å². The number of rotatable bonds is 2. The Labute approximate surface area is 63.0 Å². The average Bonchev–Trinajstić information content (AvgIpc) is 2.00. The fraction of sp³-hybridized carbons (Fsp3) is 0.200. The molecule has 11 heavy (non-hydrogen) atoms. The quantitative estimate of drug-likeness (QED) is 0.139. The van der Waals surface area contributed by atoms with Crippen LogP contribution < -0.4 is 5.73 Å². The van der Waals surface area contributed by atoms with Crippen LogP contribution in [0.15, 0.2) is 11.5 Å². The highest BCUT2D eigenvalue weighted by atomic mass is 16.5. The summed E-state index contributed by atoms with van der Waals surface area (Å²) in [6.45, 7) is 0. The Morgan fingerprint density at radius 1 is 1.73 bits per heavy atom. The van der Waals surface area contributed by atoms with E-state index in [1.54, 1.807) is 0 Å². The first-order chi connectivity index (χ1) is 5.00. The van der Waals surface area contributed by atoms with Crippen molar-refractivity contribution in [3.8, 4) is 0 Å². The lowest BCUT2D eigenvalue weighted by Gasteiger charge is -2.07. The molecular formula is C5H9N3O3. The minimum absolute atomic E-state index is 0.217. The second kappa shape index (κ2) is 3.57. The summed E-state index contributed by atoms with van der Waals surface area (Å²) in [5.74, 6) is -1.62. The zero-order valence-corrected chi connectivity index (χ0v) is 5.90. The molecule has 0 atom stereocenters. The minimum Gasteiger partial charge on any atom is -0.504 e. The highest BCUT2D eigenvalue weighted by molar-refractivity contribution is 5.96. The number of allylic oxidation sites excluding steroid dienone is 1. The molecule has 6 heteroatoms. The number of hydroxylamine groups is 2. The third-order valence-electron chi connectivity index (χ3n) is 0.937. The van der Waals surface area contributed by atoms with Crippen LogP contribution in [0, 0.1) is 5.41 Å². The van der Waals surface area contributed by atoms with E-state index in [1.165, 1.54) is 0 Å². The van der Waals surface area contributed by atoms with Gasteiger partial charge in [-0.15, -0.1) is 0 Å². The predicted molar refractivity (Wildman–Crippen MR) is 37.2 cm³/mol. The molecule has 0 fully saturated rings. The molecule has 1 amide bonds. The summed E-state index contributed by atoms with van der Waals surface area (Å²) in [5.41, 5.74) is 4.43. The summed E-state index contributed by atoms with van der Waals surface area (Å²) >= 11 is 0. The molecule has 0 unspecified atom stereocenters. The maximum Gasteiger partial charge on any atom is 0.296 e. The number of carbonyl (C=O) groups is 1. The van der Waals surface area contributed by atoms with Crippen molar-refractivity contribution in [3.05, 3.63) is 11.5 Å². The van der Waals surface area contributed by atoms with Gasteiger partial charge in [0.25, 0.3) is 5.91 Å². The van der Waals surface area contributed by atoms with Crippen molar-refractivity contribution in [2.24, 2.45) is 5.73 Å². The fourth-order valence-electron chi connectivity index (χ4n) is 0.362. The second-order valence-corrected chi connectivity index (χ2v) is 1.77. The van der Waals surface area contributed by atoms with E-state index in [0.717, 1.165) is 7.05 Å². The summed E-state index contributed by atoms with van der Waals surface area (Å²) in [4.78, 5) is 10.7. The summed E-state index contributed by atoms with van der Waals surface area (Å²) < 4.78 is 0. The number of likely N-dealkylation sites (N-methyl/N-ethyl adjacent to an activating group) is 1. The molecule has 0 aliphatic rings. The van der Waals surface area contributed by atoms with Crippen LogP contribution in [0.25, 0.3) is 0 Å². The molecule has 0 saturated carbocycles. The van der Waals surface area contributed by atoms with E-state index in [4.69, 9.17) is 21.5 Å². The van der Waals surface area contributed by atoms with Gasteiger partial charge in [-0.1, -0.05) is 0 Å². The van der Waals surface area contributed by atoms with Gasteiger partial charge in [0.15, 0.2) is 5.76 Å². The van der Waals surface area contributed by atoms with Gasteiger partial charge in [0.2, 0.25) is 0 Å². The van der Waals surface area contributed by atoms with Crippen LogP contribution in [0.2, 0.25) is 0 Å². The summed E-state index contributed by atoms with van der Waals surface area (Å²) in [7, 11) is 1.06. The topological polar surface area (TPSA) is 111 Å². The number of carbonyl (C=O) groups excluding carboxylic acids is 1. The van der Waals surface area contributed by atoms with E-state index in [9.17, 15) is 4.79 Å². The van der Waals surface area contributed by atoms with Crippen LogP contribution in [0.4, 0.5) is 0 Å². The SMILES string of the molecule is CN(O)C(=O)/C(N)=C(\O)C=N. The van der Waals surface area contributed by atoms with Crippen molar-refractivity contribution in [1.29, 1.82) is 5.41 Å². The van der Waals surface area contributed by atoms with Gasteiger partial charge in [-0.05, 0) is 0 Å². The van der Waals surface area contributed by atoms with Crippen molar-refractivity contribution >= 4 is 12.1 Å². The van der Waals surface area contributed by atoms with Gasteiger partial charge in [-0.3, -0.25) is 10.0 Å². The van der Waals surface area contributed by atoms with Crippen molar-refractivity contribution in [3.63, 3.8) is 0 Å². The second-order valence-electron chi connectivity index (χ2n) is 1.77. The Balaban J connectivity index is 4.60. The summed E-state index contributed by atoms with van der Waals surface area (Å²) in [6.07, 6.45) is 0.511. The van der Waals surface area contributed by atoms with E-state index in [-0.39, 0.29) is 5.06 Å². The molecule has 0 bridgehead atoms. The smallest absolute Gasteiger partial charge is 0.296 e. The first-order valence-corrected chi connectivity index (χ1v) is 2.66. The molecular weight excluding hydrogens is 150 g/mol. The Morgan fingerprint density at radius 3 is 2.45 bits per heavy atom. The van der Waals surface area contributed by atoms with E-state index in [2.05, 4.69) is 0 Å². The molecule has 0 aromatic carbocycles. The van der Waals surface area contributed by atoms with Crippen LogP contribution >= 0.6 is 0 Å². The number of aliphatic hydroxyl groups excluding tert-OH is 1. The van der Waals surface area contributed by atoms with Gasteiger partial charge in [-0.2, -0.15) is 0 Å². The molecule has 0 aromatic rings. The predicted octanol–water partition coefficient (Wildman–Crippen LogP) is -0.788. The van der Waals surface area contributed by atoms with Crippen molar-refractivity contribution in [1.82, 2.24) is 5.06 Å². The van der Waals surface area contributed by atoms with E-state index < -0.39 is 17.4 Å². The van der Waals surface area contributed by atoms with E-state index in [1.807, 2.05) is 0 Å². The van der Waals surface area contributed by atoms with E-state index in [0.29, 0.717) is 6.21 Å². The first-order valence-electron chi connectivity index (χ1n) is 2.66. The van der Waals surface area contributed by atoms with Gasteiger partial charge in [0, 0.05) is 7.05 Å². The number of hydrogen-bond donors (Lipinski definition) is 4. The van der Waals surface area contributed by atoms with Crippen LogP contribution in [0.3, 0.4) is 0 Å². The van der Waals surface area contributed by atoms with Crippen LogP contribution in [-0.4, -0.2) is 34.5 Å². The highest BCUT2D eigenvalue weighted by Gasteiger charge is 2.12. The average molecular weight is 159 g/mol. The third-order valence-corrected chi connectivity index (χ3v) is 0.937. The summed E-state index contributed by atoms with van der Waals surface area (Å²) in [5, 5.41) is 23.9. The van der Waals surface area contributed by atoms with Crippen LogP contribution in [0.5, 0.6) is 0 Å². The monoisotopic (exact) mass is 159 g/mol. The number of hydrogen-bond acceptors (Lipinski definition) is 5. The van der Waals surface area contributed by atoms with Gasteiger partial charge in [-0.25, -0.2) is 5.06 Å². The Bertz CT molecular complexity index is 209. The zero-order valence-electron chi connectivity index (χ0n) is 5.90. The number of nitrogens with two attached hydrogens (primary N) is 1. The van der Waals surface area contributed by atoms with Crippen molar-refractivity contribution < 1.29 is 15.1 Å². The van der Waals surface area contributed by atoms with Gasteiger partial charge in [0.05, 0.1) is 6.21 Å². The van der Waals surface area contributed by atoms with Crippen LogP contribution in [-0.2, 0) is 4.79 Å². The lowest BCUT2D eigenvalue weighted by atomic mass is 10.3. The zero-order chi connectivity index (χ0) is 9.02. The largest absolute Gasteiger partial charge is 0.504 e. The van der Waals surface area contributed by atoms with Gasteiger partial charge in [0.1, 0.15) is 5.70 Å². The molecule has 0 radical (unpaired) electrons. The lowest BCUT2D eigenvalue weighted by molar-refractivity contribution is -0.154. The molecule has 0 aliphatic heterocycles. The van der Waals surface area contributed by atoms with Gasteiger partial charge >= 0.3 is 0 Å². The van der Waals surface area contributed by atoms with Gasteiger partial charge < -0.3 is 16.2 Å². The molecule has 0 heterocycles. The fourth-order valence-corrected chi connectivity index (χ4v) is 0.362. The lowest BCUT2D eigenvalue weighted by Crippen LogP contribution is -2.29. The van der Waals surface area contributed by atoms with E-state index >= 15 is 0 Å². The molecule has 5 N–H and O–H groups in total. The summed E-state index contributed by atoms with van der Waals surface area (Å²) in [6, 6.07) is 0.